The first-order valence-corrected chi connectivity index (χ1v) is 9.85. The number of carbonyl (C=O) groups excluding carboxylic acids is 1. The van der Waals surface area contributed by atoms with Crippen molar-refractivity contribution in [2.45, 2.75) is 45.1 Å². The van der Waals surface area contributed by atoms with Crippen LogP contribution in [-0.4, -0.2) is 18.7 Å². The summed E-state index contributed by atoms with van der Waals surface area (Å²) in [5, 5.41) is 0. The van der Waals surface area contributed by atoms with Gasteiger partial charge in [-0.25, -0.2) is 4.79 Å². The minimum atomic E-state index is -0.265. The fraction of sp³-hybridized carbons (Fsp3) is 0.611. The van der Waals surface area contributed by atoms with E-state index in [1.165, 1.54) is 19.3 Å². The first kappa shape index (κ1) is 17.3. The van der Waals surface area contributed by atoms with Gasteiger partial charge in [0.05, 0.1) is 0 Å². The Kier molecular flexibility index (Phi) is 5.68. The summed E-state index contributed by atoms with van der Waals surface area (Å²) in [7, 11) is 0. The normalized spacial score (nSPS) is 29.9. The number of hydrogen-bond donors (Lipinski definition) is 0. The Labute approximate surface area is 154 Å². The van der Waals surface area contributed by atoms with Crippen molar-refractivity contribution in [1.29, 1.82) is 0 Å². The second kappa shape index (κ2) is 7.56. The van der Waals surface area contributed by atoms with Crippen LogP contribution in [0.3, 0.4) is 0 Å². The van der Waals surface area contributed by atoms with E-state index in [-0.39, 0.29) is 18.7 Å². The molecule has 126 valence electrons. The third-order valence-corrected chi connectivity index (χ3v) is 5.74. The highest BCUT2D eigenvalue weighted by Gasteiger charge is 2.36. The van der Waals surface area contributed by atoms with Gasteiger partial charge in [-0.2, -0.15) is 0 Å². The molecule has 2 fully saturated rings. The maximum Gasteiger partial charge on any atom is 0.344 e. The molecule has 2 aliphatic carbocycles. The lowest BCUT2D eigenvalue weighted by Crippen LogP contribution is -2.36. The van der Waals surface area contributed by atoms with Crippen LogP contribution in [0.2, 0.25) is 0 Å². The third kappa shape index (κ3) is 4.96. The van der Waals surface area contributed by atoms with Gasteiger partial charge in [0, 0.05) is 8.95 Å². The van der Waals surface area contributed by atoms with Gasteiger partial charge in [0.25, 0.3) is 0 Å². The molecule has 2 saturated carbocycles. The molecule has 2 aliphatic rings. The molecule has 2 unspecified atom stereocenters. The minimum Gasteiger partial charge on any atom is -0.482 e. The quantitative estimate of drug-likeness (QED) is 0.586. The first-order chi connectivity index (χ1) is 11.0. The number of esters is 1. The fourth-order valence-electron chi connectivity index (χ4n) is 4.19. The molecule has 23 heavy (non-hydrogen) atoms. The Hall–Kier alpha value is -0.550. The zero-order valence-corrected chi connectivity index (χ0v) is 16.4. The van der Waals surface area contributed by atoms with Crippen LogP contribution in [0.25, 0.3) is 0 Å². The van der Waals surface area contributed by atoms with Gasteiger partial charge >= 0.3 is 5.97 Å². The molecule has 3 rings (SSSR count). The van der Waals surface area contributed by atoms with Crippen LogP contribution in [0.5, 0.6) is 5.75 Å². The molecule has 1 aromatic carbocycles. The molecule has 2 atom stereocenters. The smallest absolute Gasteiger partial charge is 0.344 e. The van der Waals surface area contributed by atoms with Crippen LogP contribution < -0.4 is 4.74 Å². The predicted octanol–water partition coefficient (Wildman–Crippen LogP) is 5.35. The van der Waals surface area contributed by atoms with E-state index in [0.717, 1.165) is 39.5 Å². The fourth-order valence-corrected chi connectivity index (χ4v) is 5.44. The lowest BCUT2D eigenvalue weighted by Gasteiger charge is -2.41. The highest BCUT2D eigenvalue weighted by molar-refractivity contribution is 9.11. The number of ether oxygens (including phenoxy) is 2. The van der Waals surface area contributed by atoms with Gasteiger partial charge in [-0.3, -0.25) is 0 Å². The average molecular weight is 446 g/mol. The number of hydrogen-bond acceptors (Lipinski definition) is 3. The molecule has 5 heteroatoms. The van der Waals surface area contributed by atoms with Crippen molar-refractivity contribution in [3.63, 3.8) is 0 Å². The van der Waals surface area contributed by atoms with E-state index in [1.54, 1.807) is 0 Å². The van der Waals surface area contributed by atoms with Crippen molar-refractivity contribution >= 4 is 37.8 Å². The Morgan fingerprint density at radius 2 is 1.65 bits per heavy atom. The van der Waals surface area contributed by atoms with Crippen LogP contribution >= 0.6 is 31.9 Å². The molecule has 1 aromatic rings. The number of rotatable bonds is 4. The Balaban J connectivity index is 1.48. The summed E-state index contributed by atoms with van der Waals surface area (Å²) in [6.45, 7) is 2.31. The minimum absolute atomic E-state index is 0.0366. The standard InChI is InChI=1S/C18H22Br2O3/c1-11-2-12-4-13(3-11)6-17(5-12)23-18(21)10-22-16-8-14(19)7-15(20)9-16/h7-9,11-13,17H,2-6,10H2,1H3. The van der Waals surface area contributed by atoms with Gasteiger partial charge in [0.15, 0.2) is 6.61 Å². The zero-order valence-electron chi connectivity index (χ0n) is 13.3. The molecule has 0 amide bonds. The van der Waals surface area contributed by atoms with Gasteiger partial charge in [0.2, 0.25) is 0 Å². The van der Waals surface area contributed by atoms with Crippen LogP contribution in [-0.2, 0) is 9.53 Å². The molecule has 0 heterocycles. The summed E-state index contributed by atoms with van der Waals surface area (Å²) in [6.07, 6.45) is 6.02. The molecule has 0 N–H and O–H groups in total. The highest BCUT2D eigenvalue weighted by Crippen LogP contribution is 2.43. The van der Waals surface area contributed by atoms with E-state index < -0.39 is 0 Å². The van der Waals surface area contributed by atoms with Crippen molar-refractivity contribution in [2.24, 2.45) is 17.8 Å². The van der Waals surface area contributed by atoms with Crippen LogP contribution in [0.1, 0.15) is 39.0 Å². The largest absolute Gasteiger partial charge is 0.482 e. The van der Waals surface area contributed by atoms with Crippen molar-refractivity contribution in [1.82, 2.24) is 0 Å². The van der Waals surface area contributed by atoms with Gasteiger partial charge in [-0.15, -0.1) is 0 Å². The van der Waals surface area contributed by atoms with Gasteiger partial charge in [-0.1, -0.05) is 38.8 Å². The summed E-state index contributed by atoms with van der Waals surface area (Å²) < 4.78 is 13.0. The SMILES string of the molecule is CC1CC2CC(C1)CC(OC(=O)COc1cc(Br)cc(Br)c1)C2. The summed E-state index contributed by atoms with van der Waals surface area (Å²) in [5.74, 6) is 2.68. The number of carbonyl (C=O) groups is 1. The van der Waals surface area contributed by atoms with Crippen LogP contribution in [0.4, 0.5) is 0 Å². The van der Waals surface area contributed by atoms with Gasteiger partial charge in [0.1, 0.15) is 11.9 Å². The van der Waals surface area contributed by atoms with E-state index >= 15 is 0 Å². The van der Waals surface area contributed by atoms with Crippen LogP contribution in [0.15, 0.2) is 27.1 Å². The second-order valence-electron chi connectivity index (χ2n) is 7.02. The zero-order chi connectivity index (χ0) is 16.4. The molecule has 0 aliphatic heterocycles. The number of benzene rings is 1. The highest BCUT2D eigenvalue weighted by atomic mass is 79.9. The number of halogens is 2. The maximum atomic E-state index is 12.1. The summed E-state index contributed by atoms with van der Waals surface area (Å²) in [6, 6.07) is 5.60. The van der Waals surface area contributed by atoms with Crippen molar-refractivity contribution in [2.75, 3.05) is 6.61 Å². The first-order valence-electron chi connectivity index (χ1n) is 8.26. The van der Waals surface area contributed by atoms with Gasteiger partial charge < -0.3 is 9.47 Å². The maximum absolute atomic E-state index is 12.1. The lowest BCUT2D eigenvalue weighted by atomic mass is 9.67. The average Bonchev–Trinajstić information content (AvgIpc) is 2.42. The van der Waals surface area contributed by atoms with Crippen LogP contribution in [0, 0.1) is 17.8 Å². The molecule has 2 bridgehead atoms. The second-order valence-corrected chi connectivity index (χ2v) is 8.85. The monoisotopic (exact) mass is 444 g/mol. The Morgan fingerprint density at radius 3 is 2.26 bits per heavy atom. The molecular formula is C18H22Br2O3. The molecule has 0 spiro atoms. The topological polar surface area (TPSA) is 35.5 Å². The Morgan fingerprint density at radius 1 is 1.04 bits per heavy atom. The molecule has 0 aromatic heterocycles. The van der Waals surface area contributed by atoms with Crippen molar-refractivity contribution in [3.05, 3.63) is 27.1 Å². The predicted molar refractivity (Wildman–Crippen MR) is 96.4 cm³/mol. The molecular weight excluding hydrogens is 424 g/mol. The van der Waals surface area contributed by atoms with E-state index in [0.29, 0.717) is 5.75 Å². The number of fused-ring (bicyclic) bond motifs is 2. The van der Waals surface area contributed by atoms with E-state index in [4.69, 9.17) is 9.47 Å². The summed E-state index contributed by atoms with van der Waals surface area (Å²) in [4.78, 5) is 12.1. The summed E-state index contributed by atoms with van der Waals surface area (Å²) >= 11 is 6.81. The van der Waals surface area contributed by atoms with Crippen molar-refractivity contribution in [3.8, 4) is 5.75 Å². The Bertz CT molecular complexity index is 537. The van der Waals surface area contributed by atoms with Gasteiger partial charge in [-0.05, 0) is 68.1 Å². The third-order valence-electron chi connectivity index (χ3n) is 4.82. The lowest BCUT2D eigenvalue weighted by molar-refractivity contribution is -0.155. The molecule has 0 saturated heterocycles. The summed E-state index contributed by atoms with van der Waals surface area (Å²) in [5.41, 5.74) is 0. The van der Waals surface area contributed by atoms with Crippen molar-refractivity contribution < 1.29 is 14.3 Å². The van der Waals surface area contributed by atoms with E-state index in [2.05, 4.69) is 38.8 Å². The van der Waals surface area contributed by atoms with E-state index in [9.17, 15) is 4.79 Å². The molecule has 3 nitrogen and oxygen atoms in total. The molecule has 0 radical (unpaired) electrons. The van der Waals surface area contributed by atoms with E-state index in [1.807, 2.05) is 18.2 Å².